The second kappa shape index (κ2) is 4.69. The molecule has 6 nitrogen and oxygen atoms in total. The molecule has 2 aromatic rings. The van der Waals surface area contributed by atoms with Gasteiger partial charge >= 0.3 is 0 Å². The van der Waals surface area contributed by atoms with Crippen LogP contribution in [-0.4, -0.2) is 34.0 Å². The number of aromatic nitrogens is 3. The van der Waals surface area contributed by atoms with Gasteiger partial charge in [0.15, 0.2) is 9.84 Å². The van der Waals surface area contributed by atoms with Gasteiger partial charge in [0.2, 0.25) is 0 Å². The number of rotatable bonds is 2. The van der Waals surface area contributed by atoms with Crippen molar-refractivity contribution in [3.05, 3.63) is 17.1 Å². The molecule has 0 radical (unpaired) electrons. The molecule has 21 heavy (non-hydrogen) atoms. The summed E-state index contributed by atoms with van der Waals surface area (Å²) in [5.41, 5.74) is 8.80. The average Bonchev–Trinajstić information content (AvgIpc) is 2.82. The first kappa shape index (κ1) is 14.3. The van der Waals surface area contributed by atoms with Gasteiger partial charge in [0.05, 0.1) is 16.4 Å². The summed E-state index contributed by atoms with van der Waals surface area (Å²) in [6.07, 6.45) is 1.47. The second-order valence-corrected chi connectivity index (χ2v) is 8.21. The van der Waals surface area contributed by atoms with Crippen molar-refractivity contribution in [3.8, 4) is 0 Å². The van der Waals surface area contributed by atoms with E-state index in [1.807, 2.05) is 18.4 Å². The lowest BCUT2D eigenvalue weighted by Crippen LogP contribution is -2.23. The zero-order valence-corrected chi connectivity index (χ0v) is 13.4. The Morgan fingerprint density at radius 2 is 2.00 bits per heavy atom. The van der Waals surface area contributed by atoms with Crippen LogP contribution in [0.1, 0.15) is 29.9 Å². The summed E-state index contributed by atoms with van der Waals surface area (Å²) in [6, 6.07) is 0. The van der Waals surface area contributed by atoms with Crippen LogP contribution in [0.3, 0.4) is 0 Å². The molecule has 0 amide bonds. The normalized spacial score (nSPS) is 21.2. The van der Waals surface area contributed by atoms with Crippen LogP contribution in [0.5, 0.6) is 0 Å². The molecule has 1 aliphatic heterocycles. The van der Waals surface area contributed by atoms with Gasteiger partial charge in [-0.25, -0.2) is 18.4 Å². The van der Waals surface area contributed by atoms with Crippen LogP contribution in [-0.2, 0) is 16.4 Å². The first-order chi connectivity index (χ1) is 9.81. The highest BCUT2D eigenvalue weighted by Gasteiger charge is 2.32. The summed E-state index contributed by atoms with van der Waals surface area (Å²) in [7, 11) is -2.98. The third kappa shape index (κ3) is 2.19. The number of nitrogens with zero attached hydrogens (tertiary/aromatic N) is 3. The molecule has 1 saturated heterocycles. The van der Waals surface area contributed by atoms with E-state index in [9.17, 15) is 8.42 Å². The minimum absolute atomic E-state index is 0.297. The zero-order valence-electron chi connectivity index (χ0n) is 12.5. The molecule has 1 fully saturated rings. The Bertz CT molecular complexity index is 823. The number of anilines is 1. The number of sulfone groups is 1. The molecule has 1 unspecified atom stereocenters. The summed E-state index contributed by atoms with van der Waals surface area (Å²) >= 11 is 0. The Morgan fingerprint density at radius 3 is 2.62 bits per heavy atom. The van der Waals surface area contributed by atoms with Crippen molar-refractivity contribution in [3.63, 3.8) is 0 Å². The van der Waals surface area contributed by atoms with Gasteiger partial charge in [-0.3, -0.25) is 0 Å². The minimum atomic E-state index is -2.98. The number of aryl methyl sites for hydroxylation is 2. The molecule has 0 bridgehead atoms. The third-order valence-electron chi connectivity index (χ3n) is 4.46. The van der Waals surface area contributed by atoms with Gasteiger partial charge < -0.3 is 10.3 Å². The van der Waals surface area contributed by atoms with E-state index in [1.54, 1.807) is 6.92 Å². The van der Waals surface area contributed by atoms with Crippen molar-refractivity contribution >= 4 is 26.7 Å². The van der Waals surface area contributed by atoms with Crippen LogP contribution in [0, 0.1) is 20.8 Å². The fourth-order valence-electron chi connectivity index (χ4n) is 3.17. The van der Waals surface area contributed by atoms with Gasteiger partial charge in [0.1, 0.15) is 17.3 Å². The molecule has 1 atom stereocenters. The lowest BCUT2D eigenvalue weighted by molar-refractivity contribution is 0.566. The number of fused-ring (bicyclic) bond motifs is 1. The minimum Gasteiger partial charge on any atom is -0.383 e. The smallest absolute Gasteiger partial charge is 0.154 e. The second-order valence-electron chi connectivity index (χ2n) is 5.81. The molecule has 0 spiro atoms. The number of nitrogen functional groups attached to an aromatic ring is 1. The zero-order chi connectivity index (χ0) is 15.4. The van der Waals surface area contributed by atoms with Crippen LogP contribution in [0.15, 0.2) is 0 Å². The van der Waals surface area contributed by atoms with Gasteiger partial charge in [-0.1, -0.05) is 0 Å². The van der Waals surface area contributed by atoms with Crippen molar-refractivity contribution in [1.82, 2.24) is 14.5 Å². The maximum Gasteiger partial charge on any atom is 0.154 e. The summed E-state index contributed by atoms with van der Waals surface area (Å²) < 4.78 is 26.2. The molecule has 0 saturated carbocycles. The van der Waals surface area contributed by atoms with E-state index in [4.69, 9.17) is 5.73 Å². The van der Waals surface area contributed by atoms with Gasteiger partial charge in [0, 0.05) is 12.2 Å². The van der Waals surface area contributed by atoms with E-state index in [-0.39, 0.29) is 5.25 Å². The van der Waals surface area contributed by atoms with E-state index < -0.39 is 9.84 Å². The predicted molar refractivity (Wildman–Crippen MR) is 83.0 cm³/mol. The Hall–Kier alpha value is -1.63. The molecular formula is C14H20N4O2S. The first-order valence-corrected chi connectivity index (χ1v) is 8.84. The fraction of sp³-hybridized carbons (Fsp3) is 0.571. The van der Waals surface area contributed by atoms with Crippen LogP contribution in [0.25, 0.3) is 11.0 Å². The molecule has 0 aliphatic carbocycles. The number of hydrogen-bond acceptors (Lipinski definition) is 5. The van der Waals surface area contributed by atoms with Gasteiger partial charge in [-0.15, -0.1) is 0 Å². The van der Waals surface area contributed by atoms with Crippen LogP contribution < -0.4 is 5.73 Å². The van der Waals surface area contributed by atoms with Crippen molar-refractivity contribution < 1.29 is 8.42 Å². The number of nitrogens with two attached hydrogens (primary N) is 1. The summed E-state index contributed by atoms with van der Waals surface area (Å²) in [6.45, 7) is 6.21. The monoisotopic (exact) mass is 308 g/mol. The maximum atomic E-state index is 12.1. The van der Waals surface area contributed by atoms with E-state index in [0.717, 1.165) is 35.1 Å². The van der Waals surface area contributed by atoms with Crippen LogP contribution in [0.2, 0.25) is 0 Å². The molecule has 114 valence electrons. The Morgan fingerprint density at radius 1 is 1.29 bits per heavy atom. The SMILES string of the molecule is Cc1nc(N)c2c(C)c(C)n(CC3CCCS3(=O)=O)c2n1. The summed E-state index contributed by atoms with van der Waals surface area (Å²) in [4.78, 5) is 8.70. The highest BCUT2D eigenvalue weighted by molar-refractivity contribution is 7.92. The van der Waals surface area contributed by atoms with Crippen LogP contribution >= 0.6 is 0 Å². The van der Waals surface area contributed by atoms with Gasteiger partial charge in [-0.2, -0.15) is 0 Å². The molecule has 2 aromatic heterocycles. The van der Waals surface area contributed by atoms with Gasteiger partial charge in [-0.05, 0) is 39.2 Å². The van der Waals surface area contributed by atoms with E-state index in [0.29, 0.717) is 23.9 Å². The average molecular weight is 308 g/mol. The maximum absolute atomic E-state index is 12.1. The molecular weight excluding hydrogens is 288 g/mol. The lowest BCUT2D eigenvalue weighted by atomic mass is 10.2. The van der Waals surface area contributed by atoms with Crippen molar-refractivity contribution in [1.29, 1.82) is 0 Å². The van der Waals surface area contributed by atoms with Crippen molar-refractivity contribution in [2.75, 3.05) is 11.5 Å². The summed E-state index contributed by atoms with van der Waals surface area (Å²) in [5.74, 6) is 1.37. The van der Waals surface area contributed by atoms with Crippen molar-refractivity contribution in [2.24, 2.45) is 0 Å². The topological polar surface area (TPSA) is 90.9 Å². The van der Waals surface area contributed by atoms with E-state index in [1.165, 1.54) is 0 Å². The van der Waals surface area contributed by atoms with Crippen molar-refractivity contribution in [2.45, 2.75) is 45.4 Å². The Balaban J connectivity index is 2.17. The lowest BCUT2D eigenvalue weighted by Gasteiger charge is -2.13. The molecule has 7 heteroatoms. The standard InChI is InChI=1S/C14H20N4O2S/c1-8-9(2)18(7-11-5-4-6-21(11,19)20)14-12(8)13(15)16-10(3)17-14/h11H,4-7H2,1-3H3,(H2,15,16,17). The first-order valence-electron chi connectivity index (χ1n) is 7.12. The highest BCUT2D eigenvalue weighted by atomic mass is 32.2. The molecule has 2 N–H and O–H groups in total. The fourth-order valence-corrected chi connectivity index (χ4v) is 4.97. The van der Waals surface area contributed by atoms with Crippen LogP contribution in [0.4, 0.5) is 5.82 Å². The largest absolute Gasteiger partial charge is 0.383 e. The molecule has 1 aliphatic rings. The third-order valence-corrected chi connectivity index (χ3v) is 6.72. The predicted octanol–water partition coefficient (Wildman–Crippen LogP) is 1.52. The van der Waals surface area contributed by atoms with E-state index in [2.05, 4.69) is 9.97 Å². The van der Waals surface area contributed by atoms with Gasteiger partial charge in [0.25, 0.3) is 0 Å². The Kier molecular flexibility index (Phi) is 3.20. The summed E-state index contributed by atoms with van der Waals surface area (Å²) in [5, 5.41) is 0.524. The Labute approximate surface area is 124 Å². The molecule has 0 aromatic carbocycles. The molecule has 3 heterocycles. The van der Waals surface area contributed by atoms with E-state index >= 15 is 0 Å². The molecule has 3 rings (SSSR count). The quantitative estimate of drug-likeness (QED) is 0.908. The highest BCUT2D eigenvalue weighted by Crippen LogP contribution is 2.30. The number of hydrogen-bond donors (Lipinski definition) is 1.